The normalized spacial score (nSPS) is 15.8. The summed E-state index contributed by atoms with van der Waals surface area (Å²) >= 11 is 5.91. The van der Waals surface area contributed by atoms with Crippen molar-refractivity contribution in [2.45, 2.75) is 6.18 Å². The highest BCUT2D eigenvalue weighted by atomic mass is 35.5. The Morgan fingerprint density at radius 1 is 1.09 bits per heavy atom. The van der Waals surface area contributed by atoms with Crippen molar-refractivity contribution in [3.63, 3.8) is 0 Å². The summed E-state index contributed by atoms with van der Waals surface area (Å²) in [5.74, 6) is -0.308. The molecule has 0 unspecified atom stereocenters. The first-order valence-corrected chi connectivity index (χ1v) is 6.73. The number of benzene rings is 2. The minimum absolute atomic E-state index is 0.0560. The van der Waals surface area contributed by atoms with E-state index in [9.17, 15) is 18.0 Å². The maximum absolute atomic E-state index is 12.6. The van der Waals surface area contributed by atoms with Crippen molar-refractivity contribution >= 4 is 34.8 Å². The number of fused-ring (bicyclic) bond motifs is 1. The molecule has 0 atom stereocenters. The van der Waals surface area contributed by atoms with Crippen molar-refractivity contribution in [1.82, 2.24) is 0 Å². The van der Waals surface area contributed by atoms with Gasteiger partial charge in [0, 0.05) is 21.8 Å². The van der Waals surface area contributed by atoms with Gasteiger partial charge in [0.25, 0.3) is 5.91 Å². The number of para-hydroxylation sites is 1. The molecule has 6 heteroatoms. The van der Waals surface area contributed by atoms with Gasteiger partial charge < -0.3 is 5.32 Å². The van der Waals surface area contributed by atoms with Crippen LogP contribution >= 0.6 is 11.6 Å². The number of alkyl halides is 3. The van der Waals surface area contributed by atoms with Gasteiger partial charge in [-0.05, 0) is 29.8 Å². The summed E-state index contributed by atoms with van der Waals surface area (Å²) in [5, 5.41) is 2.64. The molecule has 112 valence electrons. The van der Waals surface area contributed by atoms with E-state index in [1.807, 2.05) is 0 Å². The Balaban J connectivity index is 2.05. The van der Waals surface area contributed by atoms with Gasteiger partial charge in [0.2, 0.25) is 0 Å². The van der Waals surface area contributed by atoms with Crippen LogP contribution in [0.1, 0.15) is 16.7 Å². The molecule has 0 saturated carbocycles. The van der Waals surface area contributed by atoms with Gasteiger partial charge in [-0.1, -0.05) is 35.9 Å². The highest BCUT2D eigenvalue weighted by Gasteiger charge is 2.31. The molecule has 1 amide bonds. The van der Waals surface area contributed by atoms with Crippen molar-refractivity contribution < 1.29 is 18.0 Å². The van der Waals surface area contributed by atoms with Gasteiger partial charge in [-0.2, -0.15) is 13.2 Å². The zero-order valence-corrected chi connectivity index (χ0v) is 11.8. The summed E-state index contributed by atoms with van der Waals surface area (Å²) in [6.07, 6.45) is -2.96. The number of rotatable bonds is 1. The molecule has 3 rings (SSSR count). The summed E-state index contributed by atoms with van der Waals surface area (Å²) in [5.41, 5.74) is 1.27. The number of halogens is 4. The SMILES string of the molecule is O=C1Nc2ccccc2/C1=C/c1ccc(C(F)(F)F)cc1Cl. The third-order valence-electron chi connectivity index (χ3n) is 3.34. The minimum atomic E-state index is -4.45. The smallest absolute Gasteiger partial charge is 0.321 e. The van der Waals surface area contributed by atoms with Crippen LogP contribution in [0.3, 0.4) is 0 Å². The number of nitrogens with one attached hydrogen (secondary N) is 1. The van der Waals surface area contributed by atoms with E-state index in [4.69, 9.17) is 11.6 Å². The molecule has 2 aromatic carbocycles. The minimum Gasteiger partial charge on any atom is -0.321 e. The third-order valence-corrected chi connectivity index (χ3v) is 3.67. The standard InChI is InChI=1S/C16H9ClF3NO/c17-13-8-10(16(18,19)20)6-5-9(13)7-12-11-3-1-2-4-14(11)21-15(12)22/h1-8H,(H,21,22)/b12-7-. The van der Waals surface area contributed by atoms with E-state index in [1.165, 1.54) is 12.1 Å². The number of hydrogen-bond acceptors (Lipinski definition) is 1. The molecule has 1 heterocycles. The molecule has 0 aromatic heterocycles. The molecule has 0 spiro atoms. The predicted molar refractivity (Wildman–Crippen MR) is 79.4 cm³/mol. The molecule has 1 aliphatic heterocycles. The van der Waals surface area contributed by atoms with Crippen molar-refractivity contribution in [3.05, 3.63) is 64.2 Å². The second-order valence-corrected chi connectivity index (χ2v) is 5.20. The zero-order valence-electron chi connectivity index (χ0n) is 11.0. The quantitative estimate of drug-likeness (QED) is 0.747. The predicted octanol–water partition coefficient (Wildman–Crippen LogP) is 4.85. The highest BCUT2D eigenvalue weighted by molar-refractivity contribution is 6.37. The average molecular weight is 324 g/mol. The van der Waals surface area contributed by atoms with Crippen molar-refractivity contribution in [2.24, 2.45) is 0 Å². The number of carbonyl (C=O) groups excluding carboxylic acids is 1. The second-order valence-electron chi connectivity index (χ2n) is 4.79. The van der Waals surface area contributed by atoms with Crippen LogP contribution in [0, 0.1) is 0 Å². The van der Waals surface area contributed by atoms with E-state index in [0.717, 1.165) is 12.1 Å². The van der Waals surface area contributed by atoms with Gasteiger partial charge >= 0.3 is 6.18 Å². The zero-order chi connectivity index (χ0) is 15.9. The molecule has 2 nitrogen and oxygen atoms in total. The average Bonchev–Trinajstić information content (AvgIpc) is 2.76. The summed E-state index contributed by atoms with van der Waals surface area (Å²) in [4.78, 5) is 12.0. The first-order chi connectivity index (χ1) is 10.4. The summed E-state index contributed by atoms with van der Waals surface area (Å²) in [6.45, 7) is 0. The molecular formula is C16H9ClF3NO. The molecule has 0 aliphatic carbocycles. The largest absolute Gasteiger partial charge is 0.416 e. The molecule has 1 aliphatic rings. The van der Waals surface area contributed by atoms with Crippen LogP contribution in [0.25, 0.3) is 11.6 Å². The van der Waals surface area contributed by atoms with Crippen LogP contribution < -0.4 is 5.32 Å². The monoisotopic (exact) mass is 323 g/mol. The van der Waals surface area contributed by atoms with Crippen LogP contribution in [0.2, 0.25) is 5.02 Å². The van der Waals surface area contributed by atoms with Crippen molar-refractivity contribution in [2.75, 3.05) is 5.32 Å². The Morgan fingerprint density at radius 3 is 2.50 bits per heavy atom. The van der Waals surface area contributed by atoms with Crippen LogP contribution in [0.5, 0.6) is 0 Å². The molecular weight excluding hydrogens is 315 g/mol. The van der Waals surface area contributed by atoms with Crippen LogP contribution in [0.4, 0.5) is 18.9 Å². The summed E-state index contributed by atoms with van der Waals surface area (Å²) in [6, 6.07) is 10.1. The molecule has 22 heavy (non-hydrogen) atoms. The number of anilines is 1. The van der Waals surface area contributed by atoms with Crippen molar-refractivity contribution in [1.29, 1.82) is 0 Å². The van der Waals surface area contributed by atoms with Gasteiger partial charge in [0.05, 0.1) is 5.56 Å². The maximum Gasteiger partial charge on any atom is 0.416 e. The topological polar surface area (TPSA) is 29.1 Å². The van der Waals surface area contributed by atoms with Crippen LogP contribution in [-0.4, -0.2) is 5.91 Å². The first kappa shape index (κ1) is 14.7. The molecule has 0 saturated heterocycles. The van der Waals surface area contributed by atoms with E-state index in [0.29, 0.717) is 22.4 Å². The van der Waals surface area contributed by atoms with Gasteiger partial charge in [-0.3, -0.25) is 4.79 Å². The molecule has 0 radical (unpaired) electrons. The summed E-state index contributed by atoms with van der Waals surface area (Å²) < 4.78 is 37.9. The number of carbonyl (C=O) groups is 1. The van der Waals surface area contributed by atoms with Gasteiger partial charge in [-0.25, -0.2) is 0 Å². The van der Waals surface area contributed by atoms with E-state index in [2.05, 4.69) is 5.32 Å². The fourth-order valence-corrected chi connectivity index (χ4v) is 2.49. The third kappa shape index (κ3) is 2.60. The van der Waals surface area contributed by atoms with E-state index in [1.54, 1.807) is 24.3 Å². The Morgan fingerprint density at radius 2 is 1.82 bits per heavy atom. The number of amides is 1. The fourth-order valence-electron chi connectivity index (χ4n) is 2.26. The molecule has 1 N–H and O–H groups in total. The molecule has 0 fully saturated rings. The Bertz CT molecular complexity index is 796. The Labute approximate surface area is 129 Å². The second kappa shape index (κ2) is 5.18. The van der Waals surface area contributed by atoms with Gasteiger partial charge in [0.1, 0.15) is 0 Å². The number of hydrogen-bond donors (Lipinski definition) is 1. The Kier molecular flexibility index (Phi) is 3.45. The lowest BCUT2D eigenvalue weighted by atomic mass is 10.0. The van der Waals surface area contributed by atoms with Crippen LogP contribution in [0.15, 0.2) is 42.5 Å². The van der Waals surface area contributed by atoms with Gasteiger partial charge in [0.15, 0.2) is 0 Å². The summed E-state index contributed by atoms with van der Waals surface area (Å²) in [7, 11) is 0. The lowest BCUT2D eigenvalue weighted by Gasteiger charge is -2.08. The Hall–Kier alpha value is -2.27. The fraction of sp³-hybridized carbons (Fsp3) is 0.0625. The van der Waals surface area contributed by atoms with E-state index in [-0.39, 0.29) is 10.9 Å². The lowest BCUT2D eigenvalue weighted by Crippen LogP contribution is -2.05. The molecule has 2 aromatic rings. The first-order valence-electron chi connectivity index (χ1n) is 6.35. The van der Waals surface area contributed by atoms with E-state index >= 15 is 0 Å². The van der Waals surface area contributed by atoms with Gasteiger partial charge in [-0.15, -0.1) is 0 Å². The van der Waals surface area contributed by atoms with Crippen LogP contribution in [-0.2, 0) is 11.0 Å². The highest BCUT2D eigenvalue weighted by Crippen LogP contribution is 2.36. The maximum atomic E-state index is 12.6. The lowest BCUT2D eigenvalue weighted by molar-refractivity contribution is -0.137. The molecule has 0 bridgehead atoms. The van der Waals surface area contributed by atoms with Crippen molar-refractivity contribution in [3.8, 4) is 0 Å². The van der Waals surface area contributed by atoms with E-state index < -0.39 is 11.7 Å².